The molecule has 0 heterocycles. The number of amides is 1. The van der Waals surface area contributed by atoms with Crippen LogP contribution in [-0.2, 0) is 20.8 Å². The molecule has 0 aromatic heterocycles. The Bertz CT molecular complexity index is 594. The second-order valence-electron chi connectivity index (χ2n) is 5.97. The third-order valence-electron chi connectivity index (χ3n) is 3.34. The molecule has 1 rings (SSSR count). The summed E-state index contributed by atoms with van der Waals surface area (Å²) < 4.78 is 7.88. The molecule has 2 atom stereocenters. The predicted octanol–water partition coefficient (Wildman–Crippen LogP) is 0.887. The Morgan fingerprint density at radius 1 is 1.12 bits per heavy atom. The second-order valence-corrected chi connectivity index (χ2v) is 5.97. The number of hydrogen-bond donors (Lipinski definition) is 4. The monoisotopic (exact) mass is 337 g/mol. The van der Waals surface area contributed by atoms with Crippen LogP contribution in [0.15, 0.2) is 30.3 Å². The summed E-state index contributed by atoms with van der Waals surface area (Å²) in [5, 5.41) is 21.2. The number of carbonyl (C=O) groups is 3. The maximum Gasteiger partial charge on any atom is 0.326 e. The molecule has 0 aliphatic rings. The number of carboxylic acids is 2. The van der Waals surface area contributed by atoms with Crippen molar-refractivity contribution >= 4 is 17.8 Å². The van der Waals surface area contributed by atoms with Crippen LogP contribution in [0.5, 0.6) is 0 Å². The minimum Gasteiger partial charge on any atom is -0.480 e. The van der Waals surface area contributed by atoms with Gasteiger partial charge in [-0.15, -0.1) is 0 Å². The van der Waals surface area contributed by atoms with Crippen molar-refractivity contribution in [3.8, 4) is 0 Å². The van der Waals surface area contributed by atoms with Gasteiger partial charge >= 0.3 is 11.9 Å². The first kappa shape index (κ1) is 17.9. The molecule has 0 aliphatic carbocycles. The minimum absolute atomic E-state index is 0.0556. The smallest absolute Gasteiger partial charge is 0.326 e. The van der Waals surface area contributed by atoms with Gasteiger partial charge in [0.05, 0.1) is 12.6 Å². The van der Waals surface area contributed by atoms with E-state index in [-0.39, 0.29) is 18.8 Å². The predicted molar refractivity (Wildman–Crippen MR) is 88.6 cm³/mol. The second kappa shape index (κ2) is 9.67. The van der Waals surface area contributed by atoms with Gasteiger partial charge in [0.2, 0.25) is 5.91 Å². The topological polar surface area (TPSA) is 116 Å². The van der Waals surface area contributed by atoms with Crippen LogP contribution in [0, 0.1) is 5.92 Å². The van der Waals surface area contributed by atoms with E-state index in [9.17, 15) is 19.5 Å². The van der Waals surface area contributed by atoms with Gasteiger partial charge in [-0.3, -0.25) is 14.9 Å². The maximum atomic E-state index is 12.5. The summed E-state index contributed by atoms with van der Waals surface area (Å²) in [7, 11) is 0. The Morgan fingerprint density at radius 2 is 1.75 bits per heavy atom. The van der Waals surface area contributed by atoms with E-state index < -0.39 is 36.5 Å². The van der Waals surface area contributed by atoms with Gasteiger partial charge in [0, 0.05) is 0 Å². The van der Waals surface area contributed by atoms with Crippen LogP contribution in [-0.4, -0.2) is 46.7 Å². The molecule has 0 spiro atoms. The Balaban J connectivity index is 2.94. The highest BCUT2D eigenvalue weighted by atomic mass is 16.4. The van der Waals surface area contributed by atoms with Crippen molar-refractivity contribution in [3.05, 3.63) is 35.9 Å². The molecule has 0 unspecified atom stereocenters. The van der Waals surface area contributed by atoms with E-state index in [2.05, 4.69) is 5.32 Å². The number of carboxylic acid groups (broad SMARTS) is 2. The van der Waals surface area contributed by atoms with E-state index in [1.165, 1.54) is 0 Å². The van der Waals surface area contributed by atoms with E-state index in [1.54, 1.807) is 30.3 Å². The van der Waals surface area contributed by atoms with Crippen molar-refractivity contribution in [2.75, 3.05) is 6.54 Å². The molecule has 7 nitrogen and oxygen atoms in total. The van der Waals surface area contributed by atoms with Gasteiger partial charge in [-0.05, 0) is 24.3 Å². The van der Waals surface area contributed by atoms with Crippen LogP contribution >= 0.6 is 0 Å². The first-order chi connectivity index (χ1) is 11.7. The molecule has 0 fully saturated rings. The van der Waals surface area contributed by atoms with Crippen molar-refractivity contribution in [2.45, 2.75) is 38.8 Å². The lowest BCUT2D eigenvalue weighted by Gasteiger charge is -2.22. The van der Waals surface area contributed by atoms with E-state index in [0.717, 1.165) is 5.56 Å². The number of hydrogen-bond acceptors (Lipinski definition) is 4. The molecule has 0 saturated carbocycles. The fraction of sp³-hybridized carbons (Fsp3) is 0.471. The van der Waals surface area contributed by atoms with Crippen LogP contribution in [0.4, 0.5) is 0 Å². The maximum absolute atomic E-state index is 12.5. The van der Waals surface area contributed by atoms with E-state index in [1.807, 2.05) is 13.8 Å². The highest BCUT2D eigenvalue weighted by Crippen LogP contribution is 2.07. The summed E-state index contributed by atoms with van der Waals surface area (Å²) >= 11 is 0. The van der Waals surface area contributed by atoms with Gasteiger partial charge in [0.25, 0.3) is 0 Å². The van der Waals surface area contributed by atoms with Gasteiger partial charge < -0.3 is 15.5 Å². The zero-order valence-electron chi connectivity index (χ0n) is 14.8. The zero-order chi connectivity index (χ0) is 19.0. The molecule has 0 aliphatic heterocycles. The quantitative estimate of drug-likeness (QED) is 0.504. The van der Waals surface area contributed by atoms with Gasteiger partial charge in [-0.1, -0.05) is 44.2 Å². The molecule has 4 N–H and O–H groups in total. The van der Waals surface area contributed by atoms with Gasteiger partial charge in [0.1, 0.15) is 7.45 Å². The number of benzene rings is 1. The molecule has 0 bridgehead atoms. The molecule has 1 aromatic rings. The van der Waals surface area contributed by atoms with E-state index >= 15 is 0 Å². The van der Waals surface area contributed by atoms with E-state index in [4.69, 9.17) is 6.52 Å². The summed E-state index contributed by atoms with van der Waals surface area (Å²) in [6.45, 7) is 3.03. The SMILES string of the molecule is [2H]N(CC(=O)O)[C@@H](Cc1ccccc1)C(=O)N[C@@H](CC(C)C)C(=O)O. The van der Waals surface area contributed by atoms with Crippen molar-refractivity contribution in [1.29, 1.82) is 0 Å². The molecular weight excluding hydrogens is 312 g/mol. The fourth-order valence-corrected chi connectivity index (χ4v) is 2.23. The van der Waals surface area contributed by atoms with Crippen molar-refractivity contribution < 1.29 is 26.0 Å². The lowest BCUT2D eigenvalue weighted by atomic mass is 10.0. The normalized spacial score (nSPS) is 14.1. The third-order valence-corrected chi connectivity index (χ3v) is 3.34. The highest BCUT2D eigenvalue weighted by molar-refractivity contribution is 5.87. The molecule has 1 aromatic carbocycles. The van der Waals surface area contributed by atoms with Crippen LogP contribution in [0.25, 0.3) is 0 Å². The summed E-state index contributed by atoms with van der Waals surface area (Å²) in [5.74, 6) is -3.01. The summed E-state index contributed by atoms with van der Waals surface area (Å²) in [5.41, 5.74) is 0.751. The van der Waals surface area contributed by atoms with Crippen LogP contribution in [0.1, 0.15) is 25.8 Å². The summed E-state index contributed by atoms with van der Waals surface area (Å²) in [4.78, 5) is 34.7. The van der Waals surface area contributed by atoms with Crippen LogP contribution in [0.2, 0.25) is 1.41 Å². The molecular formula is C17H24N2O5. The first-order valence-corrected chi connectivity index (χ1v) is 7.75. The molecule has 132 valence electrons. The number of rotatable bonds is 10. The average molecular weight is 337 g/mol. The summed E-state index contributed by atoms with van der Waals surface area (Å²) in [6.07, 6.45) is 0.355. The molecule has 0 saturated heterocycles. The fourth-order valence-electron chi connectivity index (χ4n) is 2.23. The molecule has 7 heteroatoms. The number of carbonyl (C=O) groups excluding carboxylic acids is 1. The Labute approximate surface area is 142 Å². The van der Waals surface area contributed by atoms with Crippen molar-refractivity contribution in [3.63, 3.8) is 0 Å². The number of nitrogens with one attached hydrogen (secondary N) is 2. The highest BCUT2D eigenvalue weighted by Gasteiger charge is 2.26. The molecule has 24 heavy (non-hydrogen) atoms. The summed E-state index contributed by atoms with van der Waals surface area (Å²) in [6, 6.07) is 6.69. The Kier molecular flexibility index (Phi) is 7.22. The zero-order valence-corrected chi connectivity index (χ0v) is 13.8. The molecule has 0 radical (unpaired) electrons. The Hall–Kier alpha value is -2.41. The van der Waals surface area contributed by atoms with Crippen LogP contribution in [0.3, 0.4) is 0 Å². The van der Waals surface area contributed by atoms with Gasteiger partial charge in [0.15, 0.2) is 0 Å². The van der Waals surface area contributed by atoms with Gasteiger partial charge in [-0.25, -0.2) is 4.79 Å². The third kappa shape index (κ3) is 7.23. The molecule has 1 amide bonds. The lowest BCUT2D eigenvalue weighted by molar-refractivity contribution is -0.143. The first-order valence-electron chi connectivity index (χ1n) is 8.19. The number of aliphatic carboxylic acids is 2. The Morgan fingerprint density at radius 3 is 2.25 bits per heavy atom. The minimum atomic E-state index is -1.24. The largest absolute Gasteiger partial charge is 0.480 e. The average Bonchev–Trinajstić information content (AvgIpc) is 2.51. The van der Waals surface area contributed by atoms with Gasteiger partial charge in [-0.2, -0.15) is 0 Å². The van der Waals surface area contributed by atoms with Crippen molar-refractivity contribution in [1.82, 2.24) is 10.6 Å². The van der Waals surface area contributed by atoms with E-state index in [0.29, 0.717) is 5.31 Å². The van der Waals surface area contributed by atoms with Crippen LogP contribution < -0.4 is 10.6 Å². The lowest BCUT2D eigenvalue weighted by Crippen LogP contribution is -2.52. The standard InChI is InChI=1S/C17H24N2O5/c1-11(2)8-14(17(23)24)19-16(22)13(18-10-15(20)21)9-12-6-4-3-5-7-12/h3-7,11,13-14,18H,8-10H2,1-2H3,(H,19,22)(H,20,21)(H,23,24)/t13-,14-/m0/s1/i/hD. The van der Waals surface area contributed by atoms with Crippen molar-refractivity contribution in [2.24, 2.45) is 5.92 Å².